The lowest BCUT2D eigenvalue weighted by molar-refractivity contribution is -0.151. The lowest BCUT2D eigenvalue weighted by Gasteiger charge is -2.33. The number of likely N-dealkylation sites (tertiary alicyclic amines) is 1. The first kappa shape index (κ1) is 15.3. The van der Waals surface area contributed by atoms with Crippen molar-refractivity contribution in [3.63, 3.8) is 0 Å². The van der Waals surface area contributed by atoms with Gasteiger partial charge in [-0.3, -0.25) is 9.59 Å². The van der Waals surface area contributed by atoms with Gasteiger partial charge in [0.2, 0.25) is 5.91 Å². The highest BCUT2D eigenvalue weighted by Gasteiger charge is 2.30. The molecule has 20 heavy (non-hydrogen) atoms. The van der Waals surface area contributed by atoms with Crippen molar-refractivity contribution in [2.75, 3.05) is 26.3 Å². The average Bonchev–Trinajstić information content (AvgIpc) is 2.48. The van der Waals surface area contributed by atoms with E-state index in [0.29, 0.717) is 19.6 Å². The first-order chi connectivity index (χ1) is 9.70. The van der Waals surface area contributed by atoms with Crippen LogP contribution in [0.1, 0.15) is 45.4 Å². The number of ether oxygens (including phenoxy) is 2. The van der Waals surface area contributed by atoms with E-state index >= 15 is 0 Å². The van der Waals surface area contributed by atoms with Gasteiger partial charge in [0.05, 0.1) is 25.0 Å². The molecule has 5 nitrogen and oxygen atoms in total. The van der Waals surface area contributed by atoms with Crippen LogP contribution in [0.2, 0.25) is 0 Å². The summed E-state index contributed by atoms with van der Waals surface area (Å²) in [6, 6.07) is 0. The third-order valence-electron chi connectivity index (χ3n) is 4.07. The third kappa shape index (κ3) is 4.20. The van der Waals surface area contributed by atoms with E-state index in [4.69, 9.17) is 9.47 Å². The highest BCUT2D eigenvalue weighted by Crippen LogP contribution is 2.21. The van der Waals surface area contributed by atoms with Crippen molar-refractivity contribution in [2.24, 2.45) is 5.92 Å². The smallest absolute Gasteiger partial charge is 0.310 e. The van der Waals surface area contributed by atoms with Gasteiger partial charge in [-0.1, -0.05) is 0 Å². The molecule has 0 spiro atoms. The lowest BCUT2D eigenvalue weighted by Crippen LogP contribution is -2.44. The van der Waals surface area contributed by atoms with Gasteiger partial charge < -0.3 is 14.4 Å². The van der Waals surface area contributed by atoms with Gasteiger partial charge in [-0.05, 0) is 39.0 Å². The van der Waals surface area contributed by atoms with Gasteiger partial charge in [0, 0.05) is 19.7 Å². The van der Waals surface area contributed by atoms with Crippen LogP contribution in [-0.2, 0) is 19.1 Å². The summed E-state index contributed by atoms with van der Waals surface area (Å²) in [6.07, 6.45) is 5.43. The summed E-state index contributed by atoms with van der Waals surface area (Å²) in [4.78, 5) is 25.9. The SMILES string of the molecule is CCOC(=O)[C@@H]1CCCN(C(=O)CC2CCCCO2)C1. The van der Waals surface area contributed by atoms with Crippen molar-refractivity contribution in [3.05, 3.63) is 0 Å². The minimum atomic E-state index is -0.168. The molecule has 0 aromatic heterocycles. The summed E-state index contributed by atoms with van der Waals surface area (Å²) in [7, 11) is 0. The summed E-state index contributed by atoms with van der Waals surface area (Å²) in [5, 5.41) is 0. The number of rotatable bonds is 4. The Bertz CT molecular complexity index is 339. The Morgan fingerprint density at radius 2 is 2.10 bits per heavy atom. The number of carbonyl (C=O) groups excluding carboxylic acids is 2. The molecule has 2 rings (SSSR count). The molecule has 0 aromatic carbocycles. The molecule has 5 heteroatoms. The highest BCUT2D eigenvalue weighted by atomic mass is 16.5. The summed E-state index contributed by atoms with van der Waals surface area (Å²) in [5.41, 5.74) is 0. The molecule has 2 aliphatic heterocycles. The van der Waals surface area contributed by atoms with Crippen molar-refractivity contribution >= 4 is 11.9 Å². The second-order valence-corrected chi connectivity index (χ2v) is 5.62. The number of hydrogen-bond acceptors (Lipinski definition) is 4. The minimum Gasteiger partial charge on any atom is -0.466 e. The molecule has 0 radical (unpaired) electrons. The molecule has 1 amide bonds. The van der Waals surface area contributed by atoms with E-state index in [9.17, 15) is 9.59 Å². The largest absolute Gasteiger partial charge is 0.466 e. The van der Waals surface area contributed by atoms with Gasteiger partial charge in [-0.2, -0.15) is 0 Å². The van der Waals surface area contributed by atoms with E-state index in [1.807, 2.05) is 11.8 Å². The zero-order valence-electron chi connectivity index (χ0n) is 12.3. The van der Waals surface area contributed by atoms with E-state index in [2.05, 4.69) is 0 Å². The Kier molecular flexibility index (Phi) is 5.83. The Morgan fingerprint density at radius 1 is 1.25 bits per heavy atom. The molecular formula is C15H25NO4. The quantitative estimate of drug-likeness (QED) is 0.738. The zero-order valence-corrected chi connectivity index (χ0v) is 12.3. The van der Waals surface area contributed by atoms with Crippen molar-refractivity contribution < 1.29 is 19.1 Å². The molecule has 0 saturated carbocycles. The fourth-order valence-corrected chi connectivity index (χ4v) is 2.95. The molecule has 2 atom stereocenters. The molecule has 2 saturated heterocycles. The van der Waals surface area contributed by atoms with Gasteiger partial charge in [0.1, 0.15) is 0 Å². The fourth-order valence-electron chi connectivity index (χ4n) is 2.95. The first-order valence-electron chi connectivity index (χ1n) is 7.76. The maximum Gasteiger partial charge on any atom is 0.310 e. The van der Waals surface area contributed by atoms with Crippen LogP contribution in [0.15, 0.2) is 0 Å². The monoisotopic (exact) mass is 283 g/mol. The maximum absolute atomic E-state index is 12.3. The van der Waals surface area contributed by atoms with Crippen molar-refractivity contribution in [1.29, 1.82) is 0 Å². The zero-order chi connectivity index (χ0) is 14.4. The Labute approximate surface area is 120 Å². The van der Waals surface area contributed by atoms with E-state index < -0.39 is 0 Å². The van der Waals surface area contributed by atoms with Gasteiger partial charge >= 0.3 is 5.97 Å². The number of nitrogens with zero attached hydrogens (tertiary/aromatic N) is 1. The topological polar surface area (TPSA) is 55.8 Å². The van der Waals surface area contributed by atoms with Gasteiger partial charge in [-0.15, -0.1) is 0 Å². The van der Waals surface area contributed by atoms with Crippen LogP contribution >= 0.6 is 0 Å². The number of piperidine rings is 1. The normalized spacial score (nSPS) is 27.1. The summed E-state index contributed by atoms with van der Waals surface area (Å²) in [6.45, 7) is 4.23. The molecule has 2 fully saturated rings. The predicted molar refractivity (Wildman–Crippen MR) is 74.1 cm³/mol. The van der Waals surface area contributed by atoms with Crippen LogP contribution in [0.5, 0.6) is 0 Å². The Hall–Kier alpha value is -1.10. The van der Waals surface area contributed by atoms with Crippen molar-refractivity contribution in [3.8, 4) is 0 Å². The second kappa shape index (κ2) is 7.62. The molecule has 2 heterocycles. The molecule has 0 bridgehead atoms. The van der Waals surface area contributed by atoms with Crippen LogP contribution in [0, 0.1) is 5.92 Å². The van der Waals surface area contributed by atoms with E-state index in [-0.39, 0.29) is 23.9 Å². The first-order valence-corrected chi connectivity index (χ1v) is 7.76. The molecular weight excluding hydrogens is 258 g/mol. The Morgan fingerprint density at radius 3 is 2.80 bits per heavy atom. The molecule has 114 valence electrons. The third-order valence-corrected chi connectivity index (χ3v) is 4.07. The number of hydrogen-bond donors (Lipinski definition) is 0. The summed E-state index contributed by atoms with van der Waals surface area (Å²) >= 11 is 0. The van der Waals surface area contributed by atoms with Crippen LogP contribution in [-0.4, -0.2) is 49.2 Å². The van der Waals surface area contributed by atoms with Crippen LogP contribution < -0.4 is 0 Å². The molecule has 0 N–H and O–H groups in total. The molecule has 1 unspecified atom stereocenters. The van der Waals surface area contributed by atoms with E-state index in [0.717, 1.165) is 45.3 Å². The number of esters is 1. The summed E-state index contributed by atoms with van der Waals surface area (Å²) < 4.78 is 10.7. The van der Waals surface area contributed by atoms with E-state index in [1.54, 1.807) is 0 Å². The van der Waals surface area contributed by atoms with Crippen molar-refractivity contribution in [2.45, 2.75) is 51.6 Å². The minimum absolute atomic E-state index is 0.0687. The van der Waals surface area contributed by atoms with Gasteiger partial charge in [0.25, 0.3) is 0 Å². The highest BCUT2D eigenvalue weighted by molar-refractivity contribution is 5.79. The molecule has 0 aromatic rings. The lowest BCUT2D eigenvalue weighted by atomic mass is 9.97. The van der Waals surface area contributed by atoms with Crippen LogP contribution in [0.25, 0.3) is 0 Å². The summed E-state index contributed by atoms with van der Waals surface area (Å²) in [5.74, 6) is -0.204. The fraction of sp³-hybridized carbons (Fsp3) is 0.867. The second-order valence-electron chi connectivity index (χ2n) is 5.62. The standard InChI is InChI=1S/C15H25NO4/c1-2-19-15(18)12-6-5-8-16(11-12)14(17)10-13-7-3-4-9-20-13/h12-13H,2-11H2,1H3/t12-,13?/m1/s1. The number of carbonyl (C=O) groups is 2. The molecule has 2 aliphatic rings. The van der Waals surface area contributed by atoms with Gasteiger partial charge in [-0.25, -0.2) is 0 Å². The molecule has 0 aliphatic carbocycles. The maximum atomic E-state index is 12.3. The average molecular weight is 283 g/mol. The van der Waals surface area contributed by atoms with Crippen LogP contribution in [0.3, 0.4) is 0 Å². The van der Waals surface area contributed by atoms with Crippen LogP contribution in [0.4, 0.5) is 0 Å². The van der Waals surface area contributed by atoms with Gasteiger partial charge in [0.15, 0.2) is 0 Å². The van der Waals surface area contributed by atoms with E-state index in [1.165, 1.54) is 0 Å². The predicted octanol–water partition coefficient (Wildman–Crippen LogP) is 1.75. The Balaban J connectivity index is 1.81. The van der Waals surface area contributed by atoms with Crippen molar-refractivity contribution in [1.82, 2.24) is 4.90 Å². The number of amides is 1.